The summed E-state index contributed by atoms with van der Waals surface area (Å²) in [7, 11) is -3.99. The van der Waals surface area contributed by atoms with Gasteiger partial charge in [-0.1, -0.05) is 49.7 Å². The van der Waals surface area contributed by atoms with Crippen molar-refractivity contribution >= 4 is 39.1 Å². The molecule has 0 aliphatic carbocycles. The fraction of sp³-hybridized carbons (Fsp3) is 0.391. The number of nitrogens with one attached hydrogen (secondary N) is 1. The van der Waals surface area contributed by atoms with Crippen LogP contribution in [0.1, 0.15) is 32.3 Å². The quantitative estimate of drug-likeness (QED) is 0.514. The summed E-state index contributed by atoms with van der Waals surface area (Å²) in [4.78, 5) is 27.6. The Morgan fingerprint density at radius 2 is 1.73 bits per heavy atom. The van der Waals surface area contributed by atoms with Gasteiger partial charge < -0.3 is 10.2 Å². The van der Waals surface area contributed by atoms with Crippen molar-refractivity contribution in [3.8, 4) is 0 Å². The van der Waals surface area contributed by atoms with Gasteiger partial charge in [-0.15, -0.1) is 0 Å². The fourth-order valence-corrected chi connectivity index (χ4v) is 4.30. The molecule has 0 aliphatic rings. The Hall–Kier alpha value is -2.65. The van der Waals surface area contributed by atoms with Crippen molar-refractivity contribution in [2.24, 2.45) is 0 Å². The van der Waals surface area contributed by atoms with Gasteiger partial charge in [0.25, 0.3) is 0 Å². The number of benzene rings is 2. The predicted octanol–water partition coefficient (Wildman–Crippen LogP) is 3.58. The highest BCUT2D eigenvalue weighted by Gasteiger charge is 2.32. The molecule has 0 fully saturated rings. The zero-order valence-corrected chi connectivity index (χ0v) is 20.5. The third kappa shape index (κ3) is 7.43. The van der Waals surface area contributed by atoms with E-state index in [0.717, 1.165) is 23.0 Å². The van der Waals surface area contributed by atoms with Crippen LogP contribution in [0.15, 0.2) is 48.5 Å². The smallest absolute Gasteiger partial charge is 0.244 e. The number of para-hydroxylation sites is 1. The molecule has 1 unspecified atom stereocenters. The molecule has 2 rings (SSSR count). The maximum atomic E-state index is 14.4. The number of carbonyl (C=O) groups is 2. The molecule has 10 heteroatoms. The summed E-state index contributed by atoms with van der Waals surface area (Å²) in [5.74, 6) is -1.73. The van der Waals surface area contributed by atoms with Crippen LogP contribution in [0.25, 0.3) is 0 Å². The van der Waals surface area contributed by atoms with Crippen molar-refractivity contribution in [2.45, 2.75) is 39.3 Å². The molecule has 2 aromatic carbocycles. The highest BCUT2D eigenvalue weighted by atomic mass is 35.5. The molecule has 2 aromatic rings. The van der Waals surface area contributed by atoms with Crippen LogP contribution in [0, 0.1) is 5.82 Å². The van der Waals surface area contributed by atoms with E-state index in [1.807, 2.05) is 6.92 Å². The van der Waals surface area contributed by atoms with Gasteiger partial charge in [-0.25, -0.2) is 12.8 Å². The zero-order chi connectivity index (χ0) is 24.6. The number of carbonyl (C=O) groups excluding carboxylic acids is 2. The third-order valence-corrected chi connectivity index (χ3v) is 6.38. The standard InChI is InChI=1S/C23H29ClFN3O4S/c1-4-14-26-23(30)20(5-2)27(15-17-10-12-18(24)13-11-17)22(29)16-28(33(3,31)32)21-9-7-6-8-19(21)25/h6-13,20H,4-5,14-16H2,1-3H3,(H,26,30). The van der Waals surface area contributed by atoms with E-state index in [1.165, 1.54) is 23.1 Å². The second-order valence-electron chi connectivity index (χ2n) is 7.58. The van der Waals surface area contributed by atoms with E-state index in [9.17, 15) is 22.4 Å². The normalized spacial score (nSPS) is 12.2. The highest BCUT2D eigenvalue weighted by Crippen LogP contribution is 2.23. The van der Waals surface area contributed by atoms with Crippen molar-refractivity contribution in [3.63, 3.8) is 0 Å². The first kappa shape index (κ1) is 26.6. The lowest BCUT2D eigenvalue weighted by Crippen LogP contribution is -2.52. The molecule has 1 atom stereocenters. The van der Waals surface area contributed by atoms with E-state index in [4.69, 9.17) is 11.6 Å². The van der Waals surface area contributed by atoms with E-state index in [1.54, 1.807) is 31.2 Å². The van der Waals surface area contributed by atoms with Gasteiger partial charge in [0, 0.05) is 18.1 Å². The summed E-state index contributed by atoms with van der Waals surface area (Å²) in [6, 6.07) is 11.3. The Balaban J connectivity index is 2.42. The van der Waals surface area contributed by atoms with E-state index in [0.29, 0.717) is 23.6 Å². The lowest BCUT2D eigenvalue weighted by Gasteiger charge is -2.33. The van der Waals surface area contributed by atoms with Crippen LogP contribution in [-0.2, 0) is 26.2 Å². The monoisotopic (exact) mass is 497 g/mol. The number of halogens is 2. The molecule has 0 aromatic heterocycles. The first-order valence-corrected chi connectivity index (χ1v) is 12.8. The van der Waals surface area contributed by atoms with Crippen molar-refractivity contribution in [1.29, 1.82) is 0 Å². The first-order chi connectivity index (χ1) is 15.6. The van der Waals surface area contributed by atoms with Crippen LogP contribution >= 0.6 is 11.6 Å². The SMILES string of the molecule is CCCNC(=O)C(CC)N(Cc1ccc(Cl)cc1)C(=O)CN(c1ccccc1F)S(C)(=O)=O. The number of anilines is 1. The van der Waals surface area contributed by atoms with Crippen LogP contribution in [0.5, 0.6) is 0 Å². The summed E-state index contributed by atoms with van der Waals surface area (Å²) < 4.78 is 40.0. The molecule has 180 valence electrons. The Labute approximate surface area is 199 Å². The van der Waals surface area contributed by atoms with Gasteiger partial charge >= 0.3 is 0 Å². The minimum Gasteiger partial charge on any atom is -0.354 e. The Bertz CT molecular complexity index is 1060. The molecule has 0 heterocycles. The molecular formula is C23H29ClFN3O4S. The molecule has 0 spiro atoms. The number of rotatable bonds is 11. The van der Waals surface area contributed by atoms with Crippen LogP contribution < -0.4 is 9.62 Å². The lowest BCUT2D eigenvalue weighted by molar-refractivity contribution is -0.140. The van der Waals surface area contributed by atoms with Crippen molar-refractivity contribution in [1.82, 2.24) is 10.2 Å². The maximum Gasteiger partial charge on any atom is 0.244 e. The minimum absolute atomic E-state index is 0.0585. The number of sulfonamides is 1. The number of hydrogen-bond donors (Lipinski definition) is 1. The molecule has 0 saturated heterocycles. The number of nitrogens with zero attached hydrogens (tertiary/aromatic N) is 2. The average molecular weight is 498 g/mol. The van der Waals surface area contributed by atoms with Gasteiger partial charge in [0.15, 0.2) is 0 Å². The van der Waals surface area contributed by atoms with Crippen molar-refractivity contribution in [3.05, 3.63) is 64.9 Å². The molecule has 33 heavy (non-hydrogen) atoms. The van der Waals surface area contributed by atoms with E-state index in [-0.39, 0.29) is 18.1 Å². The Morgan fingerprint density at radius 1 is 1.09 bits per heavy atom. The van der Waals surface area contributed by atoms with Crippen molar-refractivity contribution in [2.75, 3.05) is 23.7 Å². The van der Waals surface area contributed by atoms with Crippen LogP contribution in [-0.4, -0.2) is 50.5 Å². The van der Waals surface area contributed by atoms with Gasteiger partial charge in [0.1, 0.15) is 18.4 Å². The molecule has 2 amide bonds. The predicted molar refractivity (Wildman–Crippen MR) is 128 cm³/mol. The number of hydrogen-bond acceptors (Lipinski definition) is 4. The summed E-state index contributed by atoms with van der Waals surface area (Å²) in [6.45, 7) is 3.54. The summed E-state index contributed by atoms with van der Waals surface area (Å²) >= 11 is 5.96. The van der Waals surface area contributed by atoms with Crippen LogP contribution in [0.4, 0.5) is 10.1 Å². The summed E-state index contributed by atoms with van der Waals surface area (Å²) in [5, 5.41) is 3.31. The Morgan fingerprint density at radius 3 is 2.27 bits per heavy atom. The van der Waals surface area contributed by atoms with Gasteiger partial charge in [-0.3, -0.25) is 13.9 Å². The second kappa shape index (κ2) is 12.0. The third-order valence-electron chi connectivity index (χ3n) is 5.00. The maximum absolute atomic E-state index is 14.4. The molecule has 0 aliphatic heterocycles. The molecule has 7 nitrogen and oxygen atoms in total. The van der Waals surface area contributed by atoms with E-state index in [2.05, 4.69) is 5.32 Å². The lowest BCUT2D eigenvalue weighted by atomic mass is 10.1. The van der Waals surface area contributed by atoms with Gasteiger partial charge in [0.2, 0.25) is 21.8 Å². The van der Waals surface area contributed by atoms with Gasteiger partial charge in [-0.05, 0) is 42.7 Å². The van der Waals surface area contributed by atoms with Crippen molar-refractivity contribution < 1.29 is 22.4 Å². The van der Waals surface area contributed by atoms with Crippen LogP contribution in [0.3, 0.4) is 0 Å². The Kier molecular flexibility index (Phi) is 9.67. The molecule has 0 radical (unpaired) electrons. The zero-order valence-electron chi connectivity index (χ0n) is 18.9. The number of amides is 2. The summed E-state index contributed by atoms with van der Waals surface area (Å²) in [5.41, 5.74) is 0.481. The highest BCUT2D eigenvalue weighted by molar-refractivity contribution is 7.92. The first-order valence-electron chi connectivity index (χ1n) is 10.6. The van der Waals surface area contributed by atoms with E-state index < -0.39 is 34.3 Å². The average Bonchev–Trinajstić information content (AvgIpc) is 2.77. The molecule has 0 bridgehead atoms. The topological polar surface area (TPSA) is 86.8 Å². The fourth-order valence-electron chi connectivity index (χ4n) is 3.32. The van der Waals surface area contributed by atoms with Gasteiger partial charge in [0.05, 0.1) is 11.9 Å². The minimum atomic E-state index is -3.99. The summed E-state index contributed by atoms with van der Waals surface area (Å²) in [6.07, 6.45) is 1.94. The van der Waals surface area contributed by atoms with Crippen LogP contribution in [0.2, 0.25) is 5.02 Å². The second-order valence-corrected chi connectivity index (χ2v) is 9.93. The van der Waals surface area contributed by atoms with E-state index >= 15 is 0 Å². The largest absolute Gasteiger partial charge is 0.354 e. The molecular weight excluding hydrogens is 469 g/mol. The molecule has 0 saturated carbocycles. The molecule has 1 N–H and O–H groups in total. The van der Waals surface area contributed by atoms with Gasteiger partial charge in [-0.2, -0.15) is 0 Å².